The number of anilines is 1. The Hall–Kier alpha value is -3.89. The third kappa shape index (κ3) is 6.92. The fraction of sp³-hybridized carbons (Fsp3) is 0.379. The zero-order valence-corrected chi connectivity index (χ0v) is 26.9. The topological polar surface area (TPSA) is 167 Å². The van der Waals surface area contributed by atoms with Crippen LogP contribution in [-0.4, -0.2) is 66.0 Å². The van der Waals surface area contributed by atoms with E-state index in [9.17, 15) is 18.3 Å². The van der Waals surface area contributed by atoms with E-state index in [4.69, 9.17) is 13.3 Å². The number of rotatable bonds is 10. The molecule has 1 amide bonds. The van der Waals surface area contributed by atoms with E-state index in [1.165, 1.54) is 18.5 Å². The summed E-state index contributed by atoms with van der Waals surface area (Å²) in [5.74, 6) is -0.583. The van der Waals surface area contributed by atoms with Crippen molar-refractivity contribution in [2.45, 2.75) is 63.8 Å². The second-order valence-electron chi connectivity index (χ2n) is 12.0. The van der Waals surface area contributed by atoms with Gasteiger partial charge in [0.1, 0.15) is 12.6 Å². The summed E-state index contributed by atoms with van der Waals surface area (Å²) in [6, 6.07) is 14.5. The average molecular weight is 641 g/mol. The number of phenols is 1. The lowest BCUT2D eigenvalue weighted by Gasteiger charge is -2.39. The number of para-hydroxylation sites is 2. The number of amides is 1. The molecule has 2 aromatic heterocycles. The van der Waals surface area contributed by atoms with Gasteiger partial charge in [0.15, 0.2) is 36.8 Å². The van der Waals surface area contributed by atoms with Crippen LogP contribution in [0.4, 0.5) is 5.82 Å². The lowest BCUT2D eigenvalue weighted by molar-refractivity contribution is -0.0114. The van der Waals surface area contributed by atoms with Crippen molar-refractivity contribution in [3.05, 3.63) is 72.8 Å². The number of aromatic nitrogens is 4. The molecule has 2 aromatic carbocycles. The molecule has 15 heteroatoms. The van der Waals surface area contributed by atoms with Crippen molar-refractivity contribution in [3.63, 3.8) is 0 Å². The van der Waals surface area contributed by atoms with E-state index in [0.29, 0.717) is 23.1 Å². The zero-order chi connectivity index (χ0) is 31.7. The van der Waals surface area contributed by atoms with Gasteiger partial charge in [-0.2, -0.15) is 13.1 Å². The molecule has 0 saturated carbocycles. The molecular formula is C29H36N6O7SSi. The highest BCUT2D eigenvalue weighted by Crippen LogP contribution is 2.41. The Balaban J connectivity index is 1.38. The predicted molar refractivity (Wildman–Crippen MR) is 166 cm³/mol. The molecule has 1 aliphatic rings. The highest BCUT2D eigenvalue weighted by Gasteiger charge is 2.45. The Labute approximate surface area is 257 Å². The summed E-state index contributed by atoms with van der Waals surface area (Å²) < 4.78 is 47.9. The molecule has 5 rings (SSSR count). The lowest BCUT2D eigenvalue weighted by atomic mass is 10.2. The van der Waals surface area contributed by atoms with Gasteiger partial charge in [-0.15, -0.1) is 0 Å². The third-order valence-electron chi connectivity index (χ3n) is 7.90. The van der Waals surface area contributed by atoms with Crippen LogP contribution in [0.25, 0.3) is 11.2 Å². The summed E-state index contributed by atoms with van der Waals surface area (Å²) in [7, 11) is -6.60. The fourth-order valence-corrected chi connectivity index (χ4v) is 6.68. The van der Waals surface area contributed by atoms with E-state index in [-0.39, 0.29) is 34.8 Å². The van der Waals surface area contributed by atoms with Gasteiger partial charge in [0.05, 0.1) is 18.5 Å². The Morgan fingerprint density at radius 3 is 2.50 bits per heavy atom. The Morgan fingerprint density at radius 2 is 1.80 bits per heavy atom. The summed E-state index contributed by atoms with van der Waals surface area (Å²) in [4.78, 5) is 25.9. The monoisotopic (exact) mass is 640 g/mol. The van der Waals surface area contributed by atoms with Crippen LogP contribution in [0, 0.1) is 0 Å². The Kier molecular flexibility index (Phi) is 8.77. The molecule has 0 bridgehead atoms. The van der Waals surface area contributed by atoms with Crippen LogP contribution < -0.4 is 14.2 Å². The molecule has 234 valence electrons. The van der Waals surface area contributed by atoms with Crippen LogP contribution in [0.5, 0.6) is 11.5 Å². The van der Waals surface area contributed by atoms with Gasteiger partial charge in [-0.1, -0.05) is 51.1 Å². The maximum absolute atomic E-state index is 12.8. The molecule has 0 spiro atoms. The molecule has 0 aliphatic carbocycles. The maximum atomic E-state index is 12.8. The number of fused-ring (bicyclic) bond motifs is 1. The van der Waals surface area contributed by atoms with E-state index >= 15 is 0 Å². The first-order chi connectivity index (χ1) is 20.7. The molecule has 0 radical (unpaired) electrons. The Morgan fingerprint density at radius 1 is 1.09 bits per heavy atom. The number of carbonyl (C=O) groups is 1. The Bertz CT molecular complexity index is 1740. The third-order valence-corrected chi connectivity index (χ3v) is 13.3. The van der Waals surface area contributed by atoms with Crippen LogP contribution in [0.15, 0.2) is 67.3 Å². The van der Waals surface area contributed by atoms with Crippen molar-refractivity contribution in [3.8, 4) is 11.5 Å². The molecule has 3 heterocycles. The van der Waals surface area contributed by atoms with Gasteiger partial charge < -0.3 is 23.8 Å². The van der Waals surface area contributed by atoms with Crippen LogP contribution in [0.1, 0.15) is 43.8 Å². The number of aromatic hydroxyl groups is 1. The molecule has 3 N–H and O–H groups in total. The van der Waals surface area contributed by atoms with Gasteiger partial charge in [-0.3, -0.25) is 9.36 Å². The van der Waals surface area contributed by atoms with E-state index in [1.54, 1.807) is 47.3 Å². The molecule has 4 aromatic rings. The molecule has 1 aliphatic heterocycles. The minimum atomic E-state index is -4.30. The van der Waals surface area contributed by atoms with E-state index in [0.717, 1.165) is 0 Å². The fourth-order valence-electron chi connectivity index (χ4n) is 4.52. The van der Waals surface area contributed by atoms with Gasteiger partial charge in [0.25, 0.3) is 5.91 Å². The van der Waals surface area contributed by atoms with Crippen molar-refractivity contribution in [1.82, 2.24) is 24.2 Å². The van der Waals surface area contributed by atoms with Crippen molar-refractivity contribution in [2.75, 3.05) is 11.9 Å². The molecule has 0 unspecified atom stereocenters. The summed E-state index contributed by atoms with van der Waals surface area (Å²) in [6.07, 6.45) is 1.52. The van der Waals surface area contributed by atoms with E-state index < -0.39 is 37.1 Å². The lowest BCUT2D eigenvalue weighted by Crippen LogP contribution is -2.48. The van der Waals surface area contributed by atoms with Gasteiger partial charge in [-0.25, -0.2) is 15.0 Å². The van der Waals surface area contributed by atoms with Crippen molar-refractivity contribution >= 4 is 41.5 Å². The first kappa shape index (κ1) is 31.5. The predicted octanol–water partition coefficient (Wildman–Crippen LogP) is 4.38. The number of carbonyl (C=O) groups excluding carboxylic acids is 1. The number of hydrogen-bond acceptors (Lipinski definition) is 10. The second kappa shape index (κ2) is 12.2. The quantitative estimate of drug-likeness (QED) is 0.212. The zero-order valence-electron chi connectivity index (χ0n) is 25.1. The minimum absolute atomic E-state index is 0.107. The number of nitrogens with one attached hydrogen (secondary N) is 2. The van der Waals surface area contributed by atoms with Crippen molar-refractivity contribution < 1.29 is 31.7 Å². The van der Waals surface area contributed by atoms with Crippen LogP contribution in [0.2, 0.25) is 18.1 Å². The van der Waals surface area contributed by atoms with Gasteiger partial charge in [0, 0.05) is 18.5 Å². The number of benzene rings is 2. The normalized spacial score (nSPS) is 19.2. The van der Waals surface area contributed by atoms with Crippen molar-refractivity contribution in [1.29, 1.82) is 0 Å². The largest absolute Gasteiger partial charge is 0.504 e. The summed E-state index contributed by atoms with van der Waals surface area (Å²) in [6.45, 7) is 10.4. The van der Waals surface area contributed by atoms with E-state index in [2.05, 4.69) is 58.9 Å². The number of hydrogen-bond donors (Lipinski definition) is 3. The standard InChI is InChI=1S/C29H36N6O7SSi/c1-29(2,3)44(4,5)42-22-15-24(40-23(22)16-33-43(38,39)41-21-14-10-9-13-20(21)36)35-18-32-25-26(30-17-31-27(25)35)34-28(37)19-11-7-6-8-12-19/h6-14,17-18,22-24,33,36H,15-16H2,1-5H3,(H,30,31,34,37)/t22-,23+,24+/m0/s1. The minimum Gasteiger partial charge on any atom is -0.504 e. The number of imidazole rings is 1. The van der Waals surface area contributed by atoms with Crippen molar-refractivity contribution in [2.24, 2.45) is 0 Å². The molecular weight excluding hydrogens is 605 g/mol. The molecule has 3 atom stereocenters. The van der Waals surface area contributed by atoms with Gasteiger partial charge in [0.2, 0.25) is 0 Å². The molecule has 1 saturated heterocycles. The smallest absolute Gasteiger partial charge is 0.382 e. The van der Waals surface area contributed by atoms with Gasteiger partial charge >= 0.3 is 10.3 Å². The second-order valence-corrected chi connectivity index (χ2v) is 18.1. The first-order valence-electron chi connectivity index (χ1n) is 14.1. The molecule has 13 nitrogen and oxygen atoms in total. The number of ether oxygens (including phenoxy) is 1. The summed E-state index contributed by atoms with van der Waals surface area (Å²) in [5, 5.41) is 12.6. The number of phenolic OH excluding ortho intramolecular Hbond substituents is 1. The SMILES string of the molecule is CC(C)(C)[Si](C)(C)O[C@H]1C[C@H](n2cnc3c(NC(=O)c4ccccc4)ncnc32)O[C@@H]1CNS(=O)(=O)Oc1ccccc1O. The van der Waals surface area contributed by atoms with Gasteiger partial charge in [-0.05, 0) is 42.4 Å². The van der Waals surface area contributed by atoms with Crippen LogP contribution >= 0.6 is 0 Å². The summed E-state index contributed by atoms with van der Waals surface area (Å²) in [5.41, 5.74) is 1.28. The molecule has 1 fully saturated rings. The first-order valence-corrected chi connectivity index (χ1v) is 18.4. The van der Waals surface area contributed by atoms with Crippen LogP contribution in [-0.2, 0) is 19.5 Å². The molecule has 44 heavy (non-hydrogen) atoms. The highest BCUT2D eigenvalue weighted by molar-refractivity contribution is 7.85. The van der Waals surface area contributed by atoms with E-state index in [1.807, 2.05) is 6.07 Å². The number of nitrogens with zero attached hydrogens (tertiary/aromatic N) is 4. The summed E-state index contributed by atoms with van der Waals surface area (Å²) >= 11 is 0. The average Bonchev–Trinajstić information content (AvgIpc) is 3.57. The maximum Gasteiger partial charge on any atom is 0.382 e. The highest BCUT2D eigenvalue weighted by atomic mass is 32.2. The van der Waals surface area contributed by atoms with Crippen LogP contribution in [0.3, 0.4) is 0 Å².